The van der Waals surface area contributed by atoms with Gasteiger partial charge in [0.2, 0.25) is 5.91 Å². The van der Waals surface area contributed by atoms with Crippen LogP contribution in [0.3, 0.4) is 0 Å². The minimum atomic E-state index is -4.48. The van der Waals surface area contributed by atoms with Gasteiger partial charge in [-0.05, 0) is 61.7 Å². The number of rotatable bonds is 6. The van der Waals surface area contributed by atoms with Crippen molar-refractivity contribution in [3.63, 3.8) is 0 Å². The topological polar surface area (TPSA) is 59.1 Å². The molecular weight excluding hydrogens is 497 g/mol. The zero-order valence-electron chi connectivity index (χ0n) is 19.7. The summed E-state index contributed by atoms with van der Waals surface area (Å²) in [5.74, 6) is -0.000106. The molecule has 0 bridgehead atoms. The number of carbonyl (C=O) groups is 2. The molecule has 2 saturated heterocycles. The van der Waals surface area contributed by atoms with Crippen molar-refractivity contribution in [2.75, 3.05) is 39.4 Å². The summed E-state index contributed by atoms with van der Waals surface area (Å²) in [5.41, 5.74) is -1.80. The fourth-order valence-corrected chi connectivity index (χ4v) is 4.73. The zero-order chi connectivity index (χ0) is 25.8. The third-order valence-corrected chi connectivity index (χ3v) is 6.71. The van der Waals surface area contributed by atoms with Crippen LogP contribution in [0.4, 0.5) is 13.2 Å². The Balaban J connectivity index is 1.53. The van der Waals surface area contributed by atoms with Gasteiger partial charge in [-0.15, -0.1) is 0 Å². The number of hydrogen-bond acceptors (Lipinski definition) is 4. The summed E-state index contributed by atoms with van der Waals surface area (Å²) in [6.07, 6.45) is -1.50. The molecule has 0 aromatic heterocycles. The number of piperidine rings is 1. The number of morpholine rings is 1. The van der Waals surface area contributed by atoms with Crippen LogP contribution < -0.4 is 4.74 Å². The first-order chi connectivity index (χ1) is 17.2. The van der Waals surface area contributed by atoms with Crippen LogP contribution in [0.5, 0.6) is 5.75 Å². The highest BCUT2D eigenvalue weighted by atomic mass is 35.5. The van der Waals surface area contributed by atoms with Gasteiger partial charge < -0.3 is 19.3 Å². The van der Waals surface area contributed by atoms with E-state index in [1.165, 1.54) is 17.0 Å². The third kappa shape index (κ3) is 6.50. The van der Waals surface area contributed by atoms with Gasteiger partial charge in [0.25, 0.3) is 5.91 Å². The lowest BCUT2D eigenvalue weighted by molar-refractivity contribution is -0.153. The minimum Gasteiger partial charge on any atom is -0.490 e. The normalized spacial score (nSPS) is 20.8. The van der Waals surface area contributed by atoms with Crippen molar-refractivity contribution in [1.82, 2.24) is 9.80 Å². The van der Waals surface area contributed by atoms with Gasteiger partial charge in [0.05, 0.1) is 25.1 Å². The first-order valence-corrected chi connectivity index (χ1v) is 12.3. The second-order valence-electron chi connectivity index (χ2n) is 9.20. The van der Waals surface area contributed by atoms with E-state index in [4.69, 9.17) is 21.1 Å². The van der Waals surface area contributed by atoms with Crippen LogP contribution in [0.15, 0.2) is 48.5 Å². The molecule has 2 amide bonds. The van der Waals surface area contributed by atoms with Crippen molar-refractivity contribution >= 4 is 23.4 Å². The van der Waals surface area contributed by atoms with Crippen LogP contribution in [-0.4, -0.2) is 66.6 Å². The molecule has 36 heavy (non-hydrogen) atoms. The molecule has 6 nitrogen and oxygen atoms in total. The summed E-state index contributed by atoms with van der Waals surface area (Å²) < 4.78 is 50.9. The van der Waals surface area contributed by atoms with E-state index in [0.717, 1.165) is 31.4 Å². The van der Waals surface area contributed by atoms with Gasteiger partial charge >= 0.3 is 6.18 Å². The van der Waals surface area contributed by atoms with E-state index in [-0.39, 0.29) is 44.2 Å². The summed E-state index contributed by atoms with van der Waals surface area (Å²) in [4.78, 5) is 29.7. The number of halogens is 4. The van der Waals surface area contributed by atoms with Crippen molar-refractivity contribution in [2.24, 2.45) is 0 Å². The van der Waals surface area contributed by atoms with E-state index >= 15 is 0 Å². The number of alkyl halides is 3. The number of ether oxygens (including phenoxy) is 2. The molecule has 2 aliphatic rings. The van der Waals surface area contributed by atoms with Crippen LogP contribution >= 0.6 is 11.6 Å². The van der Waals surface area contributed by atoms with Crippen molar-refractivity contribution in [3.8, 4) is 5.75 Å². The Kier molecular flexibility index (Phi) is 8.10. The molecule has 2 aromatic rings. The molecule has 0 radical (unpaired) electrons. The lowest BCUT2D eigenvalue weighted by atomic mass is 9.95. The maximum atomic E-state index is 13.2. The van der Waals surface area contributed by atoms with E-state index in [9.17, 15) is 22.8 Å². The second-order valence-corrected chi connectivity index (χ2v) is 9.63. The van der Waals surface area contributed by atoms with Crippen LogP contribution in [0.1, 0.15) is 41.6 Å². The predicted molar refractivity (Wildman–Crippen MR) is 128 cm³/mol. The Bertz CT molecular complexity index is 1070. The van der Waals surface area contributed by atoms with E-state index in [2.05, 4.69) is 0 Å². The second kappa shape index (κ2) is 11.1. The first kappa shape index (κ1) is 26.3. The Morgan fingerprint density at radius 2 is 1.72 bits per heavy atom. The molecular formula is C26H28ClF3N2O4. The summed E-state index contributed by atoms with van der Waals surface area (Å²) in [5, 5.41) is 0.495. The molecule has 2 aromatic carbocycles. The fraction of sp³-hybridized carbons (Fsp3) is 0.462. The summed E-state index contributed by atoms with van der Waals surface area (Å²) >= 11 is 6.06. The number of carbonyl (C=O) groups excluding carboxylic acids is 2. The van der Waals surface area contributed by atoms with Crippen molar-refractivity contribution < 1.29 is 32.2 Å². The molecule has 0 saturated carbocycles. The monoisotopic (exact) mass is 524 g/mol. The van der Waals surface area contributed by atoms with Crippen molar-refractivity contribution in [1.29, 1.82) is 0 Å². The van der Waals surface area contributed by atoms with Gasteiger partial charge in [-0.2, -0.15) is 13.2 Å². The summed E-state index contributed by atoms with van der Waals surface area (Å²) in [6.45, 7) is 1.84. The minimum absolute atomic E-state index is 0.00368. The number of amides is 2. The SMILES string of the molecule is O=C(C[C@@]1(COc2cccc(Cl)c2)CN(C(=O)c2ccc(C(F)(F)F)cc2)CCO1)N1CCCCC1. The van der Waals surface area contributed by atoms with Crippen LogP contribution in [0, 0.1) is 0 Å². The molecule has 194 valence electrons. The molecule has 10 heteroatoms. The van der Waals surface area contributed by atoms with Gasteiger partial charge in [0.15, 0.2) is 0 Å². The smallest absolute Gasteiger partial charge is 0.416 e. The molecule has 0 spiro atoms. The molecule has 2 fully saturated rings. The largest absolute Gasteiger partial charge is 0.490 e. The lowest BCUT2D eigenvalue weighted by Gasteiger charge is -2.43. The average Bonchev–Trinajstić information content (AvgIpc) is 2.87. The summed E-state index contributed by atoms with van der Waals surface area (Å²) in [6, 6.07) is 11.0. The van der Waals surface area contributed by atoms with Crippen LogP contribution in [0.25, 0.3) is 0 Å². The Morgan fingerprint density at radius 1 is 1.00 bits per heavy atom. The molecule has 0 N–H and O–H groups in total. The predicted octanol–water partition coefficient (Wildman–Crippen LogP) is 5.05. The van der Waals surface area contributed by atoms with Crippen molar-refractivity contribution in [3.05, 3.63) is 64.7 Å². The number of hydrogen-bond donors (Lipinski definition) is 0. The molecule has 2 aliphatic heterocycles. The first-order valence-electron chi connectivity index (χ1n) is 11.9. The quantitative estimate of drug-likeness (QED) is 0.530. The molecule has 0 unspecified atom stereocenters. The van der Waals surface area contributed by atoms with E-state index in [0.29, 0.717) is 23.9 Å². The van der Waals surface area contributed by atoms with Crippen LogP contribution in [0.2, 0.25) is 5.02 Å². The molecule has 4 rings (SSSR count). The van der Waals surface area contributed by atoms with Gasteiger partial charge in [-0.25, -0.2) is 0 Å². The number of benzene rings is 2. The Morgan fingerprint density at radius 3 is 2.39 bits per heavy atom. The Labute approximate surface area is 212 Å². The highest BCUT2D eigenvalue weighted by Gasteiger charge is 2.42. The van der Waals surface area contributed by atoms with Crippen molar-refractivity contribution in [2.45, 2.75) is 37.5 Å². The summed E-state index contributed by atoms with van der Waals surface area (Å²) in [7, 11) is 0. The molecule has 1 atom stereocenters. The highest BCUT2D eigenvalue weighted by molar-refractivity contribution is 6.30. The van der Waals surface area contributed by atoms with Gasteiger partial charge in [-0.3, -0.25) is 9.59 Å². The molecule has 0 aliphatic carbocycles. The van der Waals surface area contributed by atoms with E-state index in [1.807, 2.05) is 4.90 Å². The van der Waals surface area contributed by atoms with Gasteiger partial charge in [0, 0.05) is 30.2 Å². The highest BCUT2D eigenvalue weighted by Crippen LogP contribution is 2.31. The fourth-order valence-electron chi connectivity index (χ4n) is 4.55. The van der Waals surface area contributed by atoms with Gasteiger partial charge in [-0.1, -0.05) is 17.7 Å². The van der Waals surface area contributed by atoms with Gasteiger partial charge in [0.1, 0.15) is 18.0 Å². The van der Waals surface area contributed by atoms with E-state index < -0.39 is 23.2 Å². The van der Waals surface area contributed by atoms with E-state index in [1.54, 1.807) is 24.3 Å². The Hall–Kier alpha value is -2.78. The maximum Gasteiger partial charge on any atom is 0.416 e. The third-order valence-electron chi connectivity index (χ3n) is 6.47. The molecule has 2 heterocycles. The number of nitrogens with zero attached hydrogens (tertiary/aromatic N) is 2. The number of likely N-dealkylation sites (tertiary alicyclic amines) is 1. The lowest BCUT2D eigenvalue weighted by Crippen LogP contribution is -2.58. The zero-order valence-corrected chi connectivity index (χ0v) is 20.5. The standard InChI is InChI=1S/C26H28ClF3N2O4/c27-21-5-4-6-22(15-21)35-18-25(16-23(33)31-11-2-1-3-12-31)17-32(13-14-36-25)24(34)19-7-9-20(10-8-19)26(28,29)30/h4-10,15H,1-3,11-14,16-18H2/t25-/m0/s1. The van der Waals surface area contributed by atoms with Crippen LogP contribution in [-0.2, 0) is 15.7 Å². The maximum absolute atomic E-state index is 13.2. The average molecular weight is 525 g/mol.